The van der Waals surface area contributed by atoms with Gasteiger partial charge in [-0.1, -0.05) is 18.2 Å². The van der Waals surface area contributed by atoms with Crippen LogP contribution in [-0.2, 0) is 16.1 Å². The molecule has 102 valence electrons. The van der Waals surface area contributed by atoms with Crippen LogP contribution >= 0.6 is 0 Å². The first-order valence-electron chi connectivity index (χ1n) is 5.92. The Kier molecular flexibility index (Phi) is 3.89. The molecule has 1 aliphatic rings. The van der Waals surface area contributed by atoms with E-state index in [1.54, 1.807) is 14.2 Å². The predicted molar refractivity (Wildman–Crippen MR) is 67.7 cm³/mol. The van der Waals surface area contributed by atoms with Crippen LogP contribution in [0, 0.1) is 0 Å². The van der Waals surface area contributed by atoms with Crippen molar-refractivity contribution in [2.75, 3.05) is 20.8 Å². The molecule has 0 aromatic heterocycles. The fourth-order valence-electron chi connectivity index (χ4n) is 1.89. The van der Waals surface area contributed by atoms with Crippen molar-refractivity contribution < 1.29 is 19.1 Å². The number of ether oxygens (including phenoxy) is 2. The van der Waals surface area contributed by atoms with Crippen molar-refractivity contribution in [3.05, 3.63) is 29.8 Å². The average molecular weight is 264 g/mol. The highest BCUT2D eigenvalue weighted by molar-refractivity contribution is 5.87. The van der Waals surface area contributed by atoms with E-state index in [1.807, 2.05) is 24.3 Å². The van der Waals surface area contributed by atoms with Crippen molar-refractivity contribution in [2.45, 2.75) is 12.6 Å². The molecule has 0 bridgehead atoms. The number of para-hydroxylation sites is 1. The number of hydrogen-bond acceptors (Lipinski definition) is 4. The predicted octanol–water partition coefficient (Wildman–Crippen LogP) is 0.762. The summed E-state index contributed by atoms with van der Waals surface area (Å²) in [6, 6.07) is 6.87. The van der Waals surface area contributed by atoms with Gasteiger partial charge in [0.15, 0.2) is 0 Å². The number of rotatable bonds is 4. The summed E-state index contributed by atoms with van der Waals surface area (Å²) in [4.78, 5) is 24.4. The van der Waals surface area contributed by atoms with Crippen LogP contribution in [0.15, 0.2) is 24.3 Å². The minimum Gasteiger partial charge on any atom is -0.496 e. The summed E-state index contributed by atoms with van der Waals surface area (Å²) in [7, 11) is 3.13. The smallest absolute Gasteiger partial charge is 0.410 e. The second-order valence-electron chi connectivity index (χ2n) is 4.23. The quantitative estimate of drug-likeness (QED) is 0.872. The van der Waals surface area contributed by atoms with Gasteiger partial charge in [0.25, 0.3) is 0 Å². The molecule has 1 aromatic rings. The van der Waals surface area contributed by atoms with E-state index in [9.17, 15) is 9.59 Å². The zero-order chi connectivity index (χ0) is 13.8. The highest BCUT2D eigenvalue weighted by Crippen LogP contribution is 2.17. The number of hydrogen-bond donors (Lipinski definition) is 1. The molecule has 0 aliphatic carbocycles. The molecule has 1 saturated heterocycles. The maximum atomic E-state index is 11.9. The van der Waals surface area contributed by atoms with Crippen LogP contribution in [0.3, 0.4) is 0 Å². The van der Waals surface area contributed by atoms with Crippen molar-refractivity contribution in [2.24, 2.45) is 0 Å². The van der Waals surface area contributed by atoms with E-state index in [0.29, 0.717) is 6.54 Å². The van der Waals surface area contributed by atoms with Crippen LogP contribution in [0.1, 0.15) is 5.56 Å². The Morgan fingerprint density at radius 1 is 1.53 bits per heavy atom. The summed E-state index contributed by atoms with van der Waals surface area (Å²) >= 11 is 0. The molecule has 1 aromatic carbocycles. The number of nitrogens with one attached hydrogen (secondary N) is 1. The van der Waals surface area contributed by atoms with E-state index in [2.05, 4.69) is 5.32 Å². The van der Waals surface area contributed by atoms with Gasteiger partial charge in [0.2, 0.25) is 5.91 Å². The molecule has 1 fully saturated rings. The molecule has 1 N–H and O–H groups in total. The number of carbonyl (C=O) groups is 2. The molecule has 19 heavy (non-hydrogen) atoms. The Morgan fingerprint density at radius 2 is 2.26 bits per heavy atom. The molecule has 6 nitrogen and oxygen atoms in total. The normalized spacial score (nSPS) is 18.1. The van der Waals surface area contributed by atoms with Gasteiger partial charge >= 0.3 is 6.09 Å². The Bertz CT molecular complexity index is 489. The highest BCUT2D eigenvalue weighted by Gasteiger charge is 2.34. The highest BCUT2D eigenvalue weighted by atomic mass is 16.6. The molecule has 1 unspecified atom stereocenters. The minimum atomic E-state index is -0.567. The number of nitrogens with zero attached hydrogens (tertiary/aromatic N) is 1. The lowest BCUT2D eigenvalue weighted by molar-refractivity contribution is -0.124. The minimum absolute atomic E-state index is 0.0904. The van der Waals surface area contributed by atoms with E-state index >= 15 is 0 Å². The number of likely N-dealkylation sites (N-methyl/N-ethyl adjacent to an activating group) is 1. The van der Waals surface area contributed by atoms with Gasteiger partial charge in [-0.3, -0.25) is 9.69 Å². The fraction of sp³-hybridized carbons (Fsp3) is 0.385. The lowest BCUT2D eigenvalue weighted by Crippen LogP contribution is -2.43. The van der Waals surface area contributed by atoms with Crippen LogP contribution in [-0.4, -0.2) is 43.7 Å². The van der Waals surface area contributed by atoms with Crippen molar-refractivity contribution in [3.8, 4) is 5.75 Å². The lowest BCUT2D eigenvalue weighted by atomic mass is 10.2. The Hall–Kier alpha value is -2.24. The molecule has 0 radical (unpaired) electrons. The van der Waals surface area contributed by atoms with Crippen LogP contribution in [0.5, 0.6) is 5.75 Å². The summed E-state index contributed by atoms with van der Waals surface area (Å²) in [6.45, 7) is 0.439. The standard InChI is InChI=1S/C13H16N2O4/c1-15-10(8-19-13(15)17)12(16)14-7-9-5-3-4-6-11(9)18-2/h3-6,10H,7-8H2,1-2H3,(H,14,16). The van der Waals surface area contributed by atoms with E-state index in [4.69, 9.17) is 9.47 Å². The number of carbonyl (C=O) groups excluding carboxylic acids is 2. The zero-order valence-electron chi connectivity index (χ0n) is 10.9. The summed E-state index contributed by atoms with van der Waals surface area (Å²) < 4.78 is 10.00. The zero-order valence-corrected chi connectivity index (χ0v) is 10.9. The molecule has 0 saturated carbocycles. The Morgan fingerprint density at radius 3 is 2.89 bits per heavy atom. The van der Waals surface area contributed by atoms with Gasteiger partial charge in [-0.2, -0.15) is 0 Å². The summed E-state index contributed by atoms with van der Waals surface area (Å²) in [5.74, 6) is 0.481. The van der Waals surface area contributed by atoms with Crippen molar-refractivity contribution >= 4 is 12.0 Å². The van der Waals surface area contributed by atoms with Crippen LogP contribution < -0.4 is 10.1 Å². The maximum absolute atomic E-state index is 11.9. The molecule has 2 amide bonds. The third-order valence-electron chi connectivity index (χ3n) is 3.07. The Balaban J connectivity index is 1.95. The van der Waals surface area contributed by atoms with Crippen LogP contribution in [0.4, 0.5) is 4.79 Å². The molecule has 2 rings (SSSR count). The maximum Gasteiger partial charge on any atom is 0.410 e. The number of cyclic esters (lactones) is 1. The number of amides is 2. The fourth-order valence-corrected chi connectivity index (χ4v) is 1.89. The van der Waals surface area contributed by atoms with Gasteiger partial charge in [0, 0.05) is 19.2 Å². The van der Waals surface area contributed by atoms with Crippen molar-refractivity contribution in [1.29, 1.82) is 0 Å². The van der Waals surface area contributed by atoms with Gasteiger partial charge in [-0.05, 0) is 6.07 Å². The van der Waals surface area contributed by atoms with Crippen LogP contribution in [0.25, 0.3) is 0 Å². The summed E-state index contributed by atoms with van der Waals surface area (Å²) in [5, 5.41) is 2.77. The average Bonchev–Trinajstić information content (AvgIpc) is 2.77. The van der Waals surface area contributed by atoms with Gasteiger partial charge < -0.3 is 14.8 Å². The largest absolute Gasteiger partial charge is 0.496 e. The van der Waals surface area contributed by atoms with E-state index in [-0.39, 0.29) is 12.5 Å². The summed E-state index contributed by atoms with van der Waals surface area (Å²) in [6.07, 6.45) is -0.475. The van der Waals surface area contributed by atoms with Crippen molar-refractivity contribution in [1.82, 2.24) is 10.2 Å². The first-order valence-corrected chi connectivity index (χ1v) is 5.92. The van der Waals surface area contributed by atoms with Crippen molar-refractivity contribution in [3.63, 3.8) is 0 Å². The molecular weight excluding hydrogens is 248 g/mol. The van der Waals surface area contributed by atoms with E-state index in [0.717, 1.165) is 11.3 Å². The molecule has 1 heterocycles. The topological polar surface area (TPSA) is 67.9 Å². The third-order valence-corrected chi connectivity index (χ3v) is 3.07. The first kappa shape index (κ1) is 13.2. The molecule has 1 atom stereocenters. The van der Waals surface area contributed by atoms with Gasteiger partial charge in [-0.25, -0.2) is 4.79 Å². The van der Waals surface area contributed by atoms with Gasteiger partial charge in [-0.15, -0.1) is 0 Å². The molecule has 6 heteroatoms. The van der Waals surface area contributed by atoms with Crippen LogP contribution in [0.2, 0.25) is 0 Å². The second kappa shape index (κ2) is 5.60. The van der Waals surface area contributed by atoms with Gasteiger partial charge in [0.1, 0.15) is 18.4 Å². The number of methoxy groups -OCH3 is 1. The molecular formula is C13H16N2O4. The second-order valence-corrected chi connectivity index (χ2v) is 4.23. The van der Waals surface area contributed by atoms with E-state index in [1.165, 1.54) is 4.90 Å². The molecule has 1 aliphatic heterocycles. The summed E-state index contributed by atoms with van der Waals surface area (Å²) in [5.41, 5.74) is 0.881. The SMILES string of the molecule is COc1ccccc1CNC(=O)C1COC(=O)N1C. The monoisotopic (exact) mass is 264 g/mol. The lowest BCUT2D eigenvalue weighted by Gasteiger charge is -2.16. The number of benzene rings is 1. The Labute approximate surface area is 111 Å². The van der Waals surface area contributed by atoms with E-state index < -0.39 is 12.1 Å². The molecule has 0 spiro atoms. The first-order chi connectivity index (χ1) is 9.13. The van der Waals surface area contributed by atoms with Gasteiger partial charge in [0.05, 0.1) is 7.11 Å². The third kappa shape index (κ3) is 2.78.